The number of amides is 1. The summed E-state index contributed by atoms with van der Waals surface area (Å²) >= 11 is 0. The fraction of sp³-hybridized carbons (Fsp3) is 0.0714. The molecule has 100 valence electrons. The summed E-state index contributed by atoms with van der Waals surface area (Å²) in [5.41, 5.74) is 11.8. The highest BCUT2D eigenvalue weighted by molar-refractivity contribution is 5.95. The Bertz CT molecular complexity index is 516. The van der Waals surface area contributed by atoms with Gasteiger partial charge in [0.25, 0.3) is 5.91 Å². The molecule has 0 bridgehead atoms. The van der Waals surface area contributed by atoms with Crippen molar-refractivity contribution in [3.8, 4) is 5.75 Å². The summed E-state index contributed by atoms with van der Waals surface area (Å²) in [4.78, 5) is 11.4. The Morgan fingerprint density at radius 1 is 1.37 bits per heavy atom. The van der Waals surface area contributed by atoms with E-state index >= 15 is 0 Å². The van der Waals surface area contributed by atoms with E-state index in [1.54, 1.807) is 24.3 Å². The monoisotopic (exact) mass is 259 g/mol. The third-order valence-corrected chi connectivity index (χ3v) is 2.21. The van der Waals surface area contributed by atoms with E-state index in [0.29, 0.717) is 17.2 Å². The van der Waals surface area contributed by atoms with E-state index in [0.717, 1.165) is 0 Å². The molecule has 0 radical (unpaired) electrons. The van der Waals surface area contributed by atoms with Crippen LogP contribution in [0.25, 0.3) is 0 Å². The van der Waals surface area contributed by atoms with E-state index in [4.69, 9.17) is 16.2 Å². The van der Waals surface area contributed by atoms with Crippen molar-refractivity contribution >= 4 is 11.6 Å². The van der Waals surface area contributed by atoms with Gasteiger partial charge in [0.1, 0.15) is 11.5 Å². The number of hydrogen-bond acceptors (Lipinski definition) is 4. The minimum absolute atomic E-state index is 0.269. The van der Waals surface area contributed by atoms with Crippen LogP contribution in [0.5, 0.6) is 5.75 Å². The fourth-order valence-electron chi connectivity index (χ4n) is 1.28. The number of nitrogens with two attached hydrogens (primary N) is 2. The number of hydrogen-bond donors (Lipinski definition) is 3. The predicted octanol–water partition coefficient (Wildman–Crippen LogP) is 1.31. The lowest BCUT2D eigenvalue weighted by Gasteiger charge is -2.07. The topological polar surface area (TPSA) is 90.4 Å². The van der Waals surface area contributed by atoms with Gasteiger partial charge in [-0.15, -0.1) is 0 Å². The molecule has 19 heavy (non-hydrogen) atoms. The van der Waals surface area contributed by atoms with Gasteiger partial charge in [-0.1, -0.05) is 6.58 Å². The summed E-state index contributed by atoms with van der Waals surface area (Å²) in [6.45, 7) is 3.64. The molecule has 1 rings (SSSR count). The van der Waals surface area contributed by atoms with Crippen LogP contribution in [0.3, 0.4) is 0 Å². The first kappa shape index (κ1) is 14.4. The molecule has 1 aromatic carbocycles. The summed E-state index contributed by atoms with van der Waals surface area (Å²) in [6, 6.07) is 6.87. The minimum Gasteiger partial charge on any atom is -0.457 e. The van der Waals surface area contributed by atoms with Crippen molar-refractivity contribution in [1.29, 1.82) is 0 Å². The van der Waals surface area contributed by atoms with Crippen LogP contribution in [-0.2, 0) is 4.79 Å². The summed E-state index contributed by atoms with van der Waals surface area (Å²) in [6.07, 6.45) is 4.35. The quantitative estimate of drug-likeness (QED) is 0.322. The summed E-state index contributed by atoms with van der Waals surface area (Å²) in [5, 5.41) is 2.47. The Morgan fingerprint density at radius 2 is 2.00 bits per heavy atom. The van der Waals surface area contributed by atoms with Crippen LogP contribution in [0.4, 0.5) is 5.69 Å². The second-order valence-corrected chi connectivity index (χ2v) is 3.68. The minimum atomic E-state index is -0.288. The van der Waals surface area contributed by atoms with Gasteiger partial charge in [0, 0.05) is 18.3 Å². The van der Waals surface area contributed by atoms with Crippen molar-refractivity contribution in [3.63, 3.8) is 0 Å². The molecule has 0 fully saturated rings. The van der Waals surface area contributed by atoms with Gasteiger partial charge in [-0.3, -0.25) is 4.79 Å². The second-order valence-electron chi connectivity index (χ2n) is 3.68. The molecule has 0 aliphatic heterocycles. The summed E-state index contributed by atoms with van der Waals surface area (Å²) in [5.74, 6) is 0.702. The van der Waals surface area contributed by atoms with Crippen molar-refractivity contribution in [2.75, 3.05) is 12.8 Å². The molecule has 0 aliphatic carbocycles. The molecule has 1 aromatic rings. The highest BCUT2D eigenvalue weighted by atomic mass is 16.5. The van der Waals surface area contributed by atoms with Crippen LogP contribution in [-0.4, -0.2) is 13.0 Å². The van der Waals surface area contributed by atoms with Crippen LogP contribution >= 0.6 is 0 Å². The van der Waals surface area contributed by atoms with Gasteiger partial charge in [-0.2, -0.15) is 0 Å². The average Bonchev–Trinajstić information content (AvgIpc) is 2.40. The number of benzene rings is 1. The smallest absolute Gasteiger partial charge is 0.250 e. The van der Waals surface area contributed by atoms with Gasteiger partial charge in [0.05, 0.1) is 0 Å². The van der Waals surface area contributed by atoms with E-state index < -0.39 is 0 Å². The van der Waals surface area contributed by atoms with Gasteiger partial charge in [0.2, 0.25) is 0 Å². The zero-order chi connectivity index (χ0) is 14.3. The van der Waals surface area contributed by atoms with Crippen LogP contribution < -0.4 is 21.5 Å². The van der Waals surface area contributed by atoms with E-state index in [9.17, 15) is 4.79 Å². The Morgan fingerprint density at radius 3 is 2.53 bits per heavy atom. The third-order valence-electron chi connectivity index (χ3n) is 2.21. The van der Waals surface area contributed by atoms with Crippen LogP contribution in [0.1, 0.15) is 0 Å². The summed E-state index contributed by atoms with van der Waals surface area (Å²) in [7, 11) is 1.53. The number of allylic oxidation sites excluding steroid dienone is 1. The molecule has 0 unspecified atom stereocenters. The lowest BCUT2D eigenvalue weighted by Crippen LogP contribution is -2.18. The Hall–Kier alpha value is -2.69. The summed E-state index contributed by atoms with van der Waals surface area (Å²) < 4.78 is 5.57. The zero-order valence-electron chi connectivity index (χ0n) is 10.7. The lowest BCUT2D eigenvalue weighted by molar-refractivity contribution is -0.116. The number of carbonyl (C=O) groups is 1. The van der Waals surface area contributed by atoms with Crippen molar-refractivity contribution < 1.29 is 9.53 Å². The molecule has 0 aliphatic rings. The van der Waals surface area contributed by atoms with Crippen molar-refractivity contribution in [2.24, 2.45) is 5.73 Å². The van der Waals surface area contributed by atoms with Crippen LogP contribution in [0.15, 0.2) is 60.5 Å². The van der Waals surface area contributed by atoms with E-state index in [2.05, 4.69) is 11.9 Å². The number of nitrogen functional groups attached to an aromatic ring is 1. The highest BCUT2D eigenvalue weighted by Crippen LogP contribution is 2.17. The molecule has 5 nitrogen and oxygen atoms in total. The van der Waals surface area contributed by atoms with Crippen LogP contribution in [0, 0.1) is 0 Å². The van der Waals surface area contributed by atoms with Gasteiger partial charge < -0.3 is 21.5 Å². The average molecular weight is 259 g/mol. The Labute approximate surface area is 112 Å². The van der Waals surface area contributed by atoms with Crippen molar-refractivity contribution in [2.45, 2.75) is 0 Å². The maximum atomic E-state index is 11.4. The normalized spacial score (nSPS) is 11.3. The van der Waals surface area contributed by atoms with Gasteiger partial charge in [0.15, 0.2) is 0 Å². The van der Waals surface area contributed by atoms with Crippen molar-refractivity contribution in [3.05, 3.63) is 60.5 Å². The molecule has 0 saturated carbocycles. The maximum absolute atomic E-state index is 11.4. The largest absolute Gasteiger partial charge is 0.457 e. The SMILES string of the molecule is C=C(/C=C(\C=C/N)Oc1ccc(N)cc1)C(=O)NC. The molecule has 5 N–H and O–H groups in total. The maximum Gasteiger partial charge on any atom is 0.250 e. The molecular formula is C14H17N3O2. The lowest BCUT2D eigenvalue weighted by atomic mass is 10.2. The molecule has 0 heterocycles. The molecule has 5 heteroatoms. The zero-order valence-corrected chi connectivity index (χ0v) is 10.7. The van der Waals surface area contributed by atoms with E-state index in [1.807, 2.05) is 0 Å². The molecule has 0 aromatic heterocycles. The number of nitrogens with one attached hydrogen (secondary N) is 1. The highest BCUT2D eigenvalue weighted by Gasteiger charge is 2.04. The Balaban J connectivity index is 2.89. The Kier molecular flexibility index (Phi) is 5.22. The van der Waals surface area contributed by atoms with Gasteiger partial charge >= 0.3 is 0 Å². The molecule has 0 spiro atoms. The molecular weight excluding hydrogens is 242 g/mol. The van der Waals surface area contributed by atoms with E-state index in [1.165, 1.54) is 25.4 Å². The first-order valence-electron chi connectivity index (χ1n) is 5.61. The molecule has 1 amide bonds. The van der Waals surface area contributed by atoms with E-state index in [-0.39, 0.29) is 11.5 Å². The number of rotatable bonds is 5. The first-order chi connectivity index (χ1) is 9.06. The first-order valence-corrected chi connectivity index (χ1v) is 5.61. The predicted molar refractivity (Wildman–Crippen MR) is 76.1 cm³/mol. The number of ether oxygens (including phenoxy) is 1. The number of anilines is 1. The van der Waals surface area contributed by atoms with Crippen LogP contribution in [0.2, 0.25) is 0 Å². The molecule has 0 atom stereocenters. The fourth-order valence-corrected chi connectivity index (χ4v) is 1.28. The standard InChI is InChI=1S/C14H17N3O2/c1-10(14(18)17-2)9-13(7-8-15)19-12-5-3-11(16)4-6-12/h3-9H,1,15-16H2,2H3,(H,17,18)/b8-7-,13-9+. The van der Waals surface area contributed by atoms with Gasteiger partial charge in [-0.25, -0.2) is 0 Å². The molecule has 0 saturated heterocycles. The second kappa shape index (κ2) is 6.90. The third kappa shape index (κ3) is 4.59. The van der Waals surface area contributed by atoms with Gasteiger partial charge in [-0.05, 0) is 42.6 Å². The van der Waals surface area contributed by atoms with Crippen molar-refractivity contribution in [1.82, 2.24) is 5.32 Å². The number of carbonyl (C=O) groups excluding carboxylic acids is 1. The number of likely N-dealkylation sites (N-methyl/N-ethyl adjacent to an activating group) is 1.